The van der Waals surface area contributed by atoms with Gasteiger partial charge in [0.25, 0.3) is 11.5 Å². The molecule has 1 fully saturated rings. The molecule has 0 aliphatic heterocycles. The van der Waals surface area contributed by atoms with Gasteiger partial charge in [-0.15, -0.1) is 0 Å². The minimum Gasteiger partial charge on any atom is -0.337 e. The molecule has 3 rings (SSSR count). The summed E-state index contributed by atoms with van der Waals surface area (Å²) < 4.78 is 1.49. The van der Waals surface area contributed by atoms with Crippen LogP contribution in [0.25, 0.3) is 10.8 Å². The Kier molecular flexibility index (Phi) is 6.07. The van der Waals surface area contributed by atoms with E-state index < -0.39 is 0 Å². The maximum atomic E-state index is 13.2. The normalized spacial score (nSPS) is 15.3. The Hall–Kier alpha value is -2.17. The number of hydrogen-bond acceptors (Lipinski definition) is 3. The van der Waals surface area contributed by atoms with Crippen molar-refractivity contribution in [2.45, 2.75) is 70.9 Å². The molecule has 0 N–H and O–H groups in total. The molecule has 5 nitrogen and oxygen atoms in total. The van der Waals surface area contributed by atoms with Gasteiger partial charge in [0.1, 0.15) is 0 Å². The van der Waals surface area contributed by atoms with Gasteiger partial charge in [0.05, 0.1) is 5.39 Å². The standard InChI is InChI=1S/C21H29N3O2/c1-3-4-10-15-24-20(25)18-14-9-8-13-17(18)19(22-24)21(26)23(2)16-11-6-5-7-12-16/h8-9,13-14,16H,3-7,10-12,15H2,1-2H3. The highest BCUT2D eigenvalue weighted by Gasteiger charge is 2.26. The van der Waals surface area contributed by atoms with Crippen LogP contribution in [0, 0.1) is 0 Å². The van der Waals surface area contributed by atoms with Gasteiger partial charge in [0.2, 0.25) is 0 Å². The summed E-state index contributed by atoms with van der Waals surface area (Å²) in [6, 6.07) is 7.62. The Bertz CT molecular complexity index is 822. The van der Waals surface area contributed by atoms with Crippen LogP contribution in [0.2, 0.25) is 0 Å². The third kappa shape index (κ3) is 3.81. The molecule has 1 aromatic heterocycles. The van der Waals surface area contributed by atoms with Crippen molar-refractivity contribution in [3.63, 3.8) is 0 Å². The summed E-state index contributed by atoms with van der Waals surface area (Å²) in [4.78, 5) is 27.8. The Labute approximate surface area is 155 Å². The van der Waals surface area contributed by atoms with E-state index in [0.29, 0.717) is 23.0 Å². The fraction of sp³-hybridized carbons (Fsp3) is 0.571. The van der Waals surface area contributed by atoms with Gasteiger partial charge < -0.3 is 4.90 Å². The Morgan fingerprint density at radius 1 is 1.15 bits per heavy atom. The molecule has 1 aliphatic carbocycles. The Morgan fingerprint density at radius 3 is 2.54 bits per heavy atom. The van der Waals surface area contributed by atoms with Gasteiger partial charge in [-0.25, -0.2) is 4.68 Å². The zero-order valence-electron chi connectivity index (χ0n) is 15.9. The molecule has 26 heavy (non-hydrogen) atoms. The van der Waals surface area contributed by atoms with E-state index >= 15 is 0 Å². The number of aromatic nitrogens is 2. The average Bonchev–Trinajstić information content (AvgIpc) is 2.69. The summed E-state index contributed by atoms with van der Waals surface area (Å²) in [6.45, 7) is 2.69. The predicted molar refractivity (Wildman–Crippen MR) is 104 cm³/mol. The zero-order chi connectivity index (χ0) is 18.5. The van der Waals surface area contributed by atoms with Crippen LogP contribution >= 0.6 is 0 Å². The lowest BCUT2D eigenvalue weighted by molar-refractivity contribution is 0.0689. The second-order valence-corrected chi connectivity index (χ2v) is 7.34. The molecular weight excluding hydrogens is 326 g/mol. The van der Waals surface area contributed by atoms with E-state index in [-0.39, 0.29) is 17.5 Å². The van der Waals surface area contributed by atoms with Gasteiger partial charge in [-0.05, 0) is 25.3 Å². The van der Waals surface area contributed by atoms with Gasteiger partial charge in [-0.2, -0.15) is 5.10 Å². The van der Waals surface area contributed by atoms with Crippen LogP contribution in [0.15, 0.2) is 29.1 Å². The third-order valence-electron chi connectivity index (χ3n) is 5.49. The first kappa shape index (κ1) is 18.6. The second kappa shape index (κ2) is 8.47. The van der Waals surface area contributed by atoms with E-state index in [9.17, 15) is 9.59 Å². The minimum atomic E-state index is -0.103. The Morgan fingerprint density at radius 2 is 1.85 bits per heavy atom. The van der Waals surface area contributed by atoms with Crippen LogP contribution in [0.3, 0.4) is 0 Å². The summed E-state index contributed by atoms with van der Waals surface area (Å²) in [6.07, 6.45) is 8.73. The number of unbranched alkanes of at least 4 members (excludes halogenated alkanes) is 2. The minimum absolute atomic E-state index is 0.0719. The zero-order valence-corrected chi connectivity index (χ0v) is 15.9. The summed E-state index contributed by atoms with van der Waals surface area (Å²) >= 11 is 0. The molecular formula is C21H29N3O2. The van der Waals surface area contributed by atoms with E-state index in [1.165, 1.54) is 23.9 Å². The van der Waals surface area contributed by atoms with Crippen LogP contribution in [0.5, 0.6) is 0 Å². The van der Waals surface area contributed by atoms with Gasteiger partial charge >= 0.3 is 0 Å². The molecule has 1 aliphatic rings. The van der Waals surface area contributed by atoms with Crippen molar-refractivity contribution in [3.05, 3.63) is 40.3 Å². The highest BCUT2D eigenvalue weighted by Crippen LogP contribution is 2.24. The third-order valence-corrected chi connectivity index (χ3v) is 5.49. The second-order valence-electron chi connectivity index (χ2n) is 7.34. The van der Waals surface area contributed by atoms with E-state index in [0.717, 1.165) is 32.1 Å². The van der Waals surface area contributed by atoms with Crippen LogP contribution in [-0.4, -0.2) is 33.7 Å². The summed E-state index contributed by atoms with van der Waals surface area (Å²) in [5.74, 6) is -0.0719. The summed E-state index contributed by atoms with van der Waals surface area (Å²) in [5.41, 5.74) is 0.304. The van der Waals surface area contributed by atoms with Gasteiger partial charge in [-0.3, -0.25) is 9.59 Å². The van der Waals surface area contributed by atoms with Crippen molar-refractivity contribution in [1.82, 2.24) is 14.7 Å². The summed E-state index contributed by atoms with van der Waals surface area (Å²) in [7, 11) is 1.88. The first-order chi connectivity index (χ1) is 12.6. The largest absolute Gasteiger partial charge is 0.337 e. The number of nitrogens with zero attached hydrogens (tertiary/aromatic N) is 3. The molecule has 1 saturated carbocycles. The molecule has 0 spiro atoms. The molecule has 0 radical (unpaired) electrons. The lowest BCUT2D eigenvalue weighted by Crippen LogP contribution is -2.40. The van der Waals surface area contributed by atoms with E-state index in [1.807, 2.05) is 30.1 Å². The van der Waals surface area contributed by atoms with Crippen LogP contribution in [-0.2, 0) is 6.54 Å². The monoisotopic (exact) mass is 355 g/mol. The topological polar surface area (TPSA) is 55.2 Å². The van der Waals surface area contributed by atoms with Gasteiger partial charge in [0.15, 0.2) is 5.69 Å². The highest BCUT2D eigenvalue weighted by atomic mass is 16.2. The van der Waals surface area contributed by atoms with Crippen molar-refractivity contribution in [2.75, 3.05) is 7.05 Å². The number of aryl methyl sites for hydroxylation is 1. The smallest absolute Gasteiger partial charge is 0.274 e. The maximum absolute atomic E-state index is 13.2. The van der Waals surface area contributed by atoms with E-state index in [1.54, 1.807) is 6.07 Å². The molecule has 0 unspecified atom stereocenters. The number of carbonyl (C=O) groups excluding carboxylic acids is 1. The molecule has 0 atom stereocenters. The molecule has 2 aromatic rings. The van der Waals surface area contributed by atoms with Crippen molar-refractivity contribution >= 4 is 16.7 Å². The predicted octanol–water partition coefficient (Wildman–Crippen LogP) is 3.99. The van der Waals surface area contributed by atoms with Crippen molar-refractivity contribution < 1.29 is 4.79 Å². The van der Waals surface area contributed by atoms with E-state index in [4.69, 9.17) is 0 Å². The van der Waals surface area contributed by atoms with Crippen LogP contribution < -0.4 is 5.56 Å². The van der Waals surface area contributed by atoms with Crippen molar-refractivity contribution in [2.24, 2.45) is 0 Å². The summed E-state index contributed by atoms with van der Waals surface area (Å²) in [5, 5.41) is 5.75. The fourth-order valence-corrected chi connectivity index (χ4v) is 3.86. The molecule has 140 valence electrons. The number of rotatable bonds is 6. The number of amides is 1. The SMILES string of the molecule is CCCCCn1nc(C(=O)N(C)C2CCCCC2)c2ccccc2c1=O. The Balaban J connectivity index is 1.98. The number of benzene rings is 1. The average molecular weight is 355 g/mol. The number of fused-ring (bicyclic) bond motifs is 1. The molecule has 0 saturated heterocycles. The lowest BCUT2D eigenvalue weighted by atomic mass is 9.94. The molecule has 0 bridgehead atoms. The van der Waals surface area contributed by atoms with Crippen molar-refractivity contribution in [1.29, 1.82) is 0 Å². The van der Waals surface area contributed by atoms with Gasteiger partial charge in [-0.1, -0.05) is 57.2 Å². The van der Waals surface area contributed by atoms with Crippen LogP contribution in [0.4, 0.5) is 0 Å². The quantitative estimate of drug-likeness (QED) is 0.736. The number of hydrogen-bond donors (Lipinski definition) is 0. The van der Waals surface area contributed by atoms with E-state index in [2.05, 4.69) is 12.0 Å². The van der Waals surface area contributed by atoms with Gasteiger partial charge in [0, 0.05) is 25.0 Å². The molecule has 1 aromatic carbocycles. The number of carbonyl (C=O) groups is 1. The van der Waals surface area contributed by atoms with Crippen molar-refractivity contribution in [3.8, 4) is 0 Å². The highest BCUT2D eigenvalue weighted by molar-refractivity contribution is 6.04. The molecule has 5 heteroatoms. The maximum Gasteiger partial charge on any atom is 0.274 e. The molecule has 1 amide bonds. The molecule has 1 heterocycles. The fourth-order valence-electron chi connectivity index (χ4n) is 3.86. The first-order valence-corrected chi connectivity index (χ1v) is 9.90. The first-order valence-electron chi connectivity index (χ1n) is 9.90. The lowest BCUT2D eigenvalue weighted by Gasteiger charge is -2.31. The van der Waals surface area contributed by atoms with Crippen LogP contribution in [0.1, 0.15) is 68.8 Å².